The Balaban J connectivity index is 0.000000847. The first-order valence-electron chi connectivity index (χ1n) is 8.56. The zero-order chi connectivity index (χ0) is 16.1. The van der Waals surface area contributed by atoms with Crippen molar-refractivity contribution >= 4 is 0 Å². The van der Waals surface area contributed by atoms with E-state index in [1.165, 1.54) is 5.82 Å². The lowest BCUT2D eigenvalue weighted by atomic mass is 10.2. The highest BCUT2D eigenvalue weighted by atomic mass is 16.5. The van der Waals surface area contributed by atoms with Crippen molar-refractivity contribution in [3.05, 3.63) is 11.9 Å². The first-order valence-corrected chi connectivity index (χ1v) is 8.56. The molecule has 0 aromatic carbocycles. The summed E-state index contributed by atoms with van der Waals surface area (Å²) in [4.78, 5) is 4.90. The van der Waals surface area contributed by atoms with Crippen molar-refractivity contribution in [1.29, 1.82) is 0 Å². The summed E-state index contributed by atoms with van der Waals surface area (Å²) in [5.74, 6) is 1.27. The highest BCUT2D eigenvalue weighted by molar-refractivity contribution is 5.12. The van der Waals surface area contributed by atoms with Gasteiger partial charge in [0.25, 0.3) is 0 Å². The van der Waals surface area contributed by atoms with Crippen LogP contribution in [0.4, 0.5) is 0 Å². The second-order valence-electron chi connectivity index (χ2n) is 5.94. The quantitative estimate of drug-likeness (QED) is 0.822. The maximum Gasteiger partial charge on any atom is 0.117 e. The molecule has 0 aromatic heterocycles. The smallest absolute Gasteiger partial charge is 0.117 e. The number of rotatable bonds is 2. The van der Waals surface area contributed by atoms with Crippen LogP contribution in [-0.2, 0) is 9.47 Å². The molecule has 0 amide bonds. The fourth-order valence-electron chi connectivity index (χ4n) is 3.23. The second-order valence-corrected chi connectivity index (χ2v) is 5.94. The Kier molecular flexibility index (Phi) is 6.50. The predicted molar refractivity (Wildman–Crippen MR) is 88.1 cm³/mol. The largest absolute Gasteiger partial charge is 0.379 e. The van der Waals surface area contributed by atoms with Gasteiger partial charge in [0.1, 0.15) is 12.0 Å². The zero-order valence-electron chi connectivity index (χ0n) is 14.7. The van der Waals surface area contributed by atoms with Crippen molar-refractivity contribution in [2.75, 3.05) is 46.6 Å². The summed E-state index contributed by atoms with van der Waals surface area (Å²) in [6.45, 7) is 13.7. The summed E-state index contributed by atoms with van der Waals surface area (Å²) >= 11 is 0. The van der Waals surface area contributed by atoms with Gasteiger partial charge in [0.15, 0.2) is 0 Å². The van der Waals surface area contributed by atoms with E-state index in [1.54, 1.807) is 0 Å². The highest BCUT2D eigenvalue weighted by Crippen LogP contribution is 2.23. The Bertz CT molecular complexity index is 377. The monoisotopic (exact) mass is 312 g/mol. The summed E-state index contributed by atoms with van der Waals surface area (Å²) in [6, 6.07) is 0.882. The summed E-state index contributed by atoms with van der Waals surface area (Å²) < 4.78 is 11.1. The van der Waals surface area contributed by atoms with E-state index < -0.39 is 0 Å². The fourth-order valence-corrected chi connectivity index (χ4v) is 3.23. The molecule has 1 N–H and O–H groups in total. The number of hydrogen-bond acceptors (Lipinski definition) is 6. The lowest BCUT2D eigenvalue weighted by Gasteiger charge is -2.38. The van der Waals surface area contributed by atoms with Crippen molar-refractivity contribution in [3.63, 3.8) is 0 Å². The minimum Gasteiger partial charge on any atom is -0.379 e. The van der Waals surface area contributed by atoms with E-state index in [4.69, 9.17) is 9.47 Å². The molecule has 6 heteroatoms. The Morgan fingerprint density at radius 1 is 1.05 bits per heavy atom. The van der Waals surface area contributed by atoms with E-state index >= 15 is 0 Å². The van der Waals surface area contributed by atoms with Crippen LogP contribution in [0.1, 0.15) is 27.7 Å². The molecule has 128 valence electrons. The minimum atomic E-state index is 0.268. The minimum absolute atomic E-state index is 0.268. The number of hydrogen-bond donors (Lipinski definition) is 1. The molecule has 3 heterocycles. The van der Waals surface area contributed by atoms with E-state index in [0.29, 0.717) is 12.1 Å². The van der Waals surface area contributed by atoms with Crippen molar-refractivity contribution in [2.24, 2.45) is 0 Å². The van der Waals surface area contributed by atoms with Gasteiger partial charge in [-0.3, -0.25) is 9.91 Å². The lowest BCUT2D eigenvalue weighted by Crippen LogP contribution is -2.54. The van der Waals surface area contributed by atoms with Gasteiger partial charge >= 0.3 is 0 Å². The van der Waals surface area contributed by atoms with Gasteiger partial charge < -0.3 is 14.4 Å². The van der Waals surface area contributed by atoms with Crippen LogP contribution in [0.25, 0.3) is 0 Å². The van der Waals surface area contributed by atoms with Gasteiger partial charge in [0.05, 0.1) is 32.5 Å². The molecule has 3 atom stereocenters. The van der Waals surface area contributed by atoms with Crippen LogP contribution in [0, 0.1) is 0 Å². The summed E-state index contributed by atoms with van der Waals surface area (Å²) in [7, 11) is 2.10. The molecule has 6 nitrogen and oxygen atoms in total. The molecule has 0 bridgehead atoms. The Morgan fingerprint density at radius 3 is 2.32 bits per heavy atom. The van der Waals surface area contributed by atoms with Crippen molar-refractivity contribution in [2.45, 2.75) is 45.9 Å². The van der Waals surface area contributed by atoms with E-state index in [9.17, 15) is 0 Å². The van der Waals surface area contributed by atoms with Gasteiger partial charge in [-0.2, -0.15) is 0 Å². The van der Waals surface area contributed by atoms with Crippen molar-refractivity contribution in [3.8, 4) is 0 Å². The fraction of sp³-hybridized carbons (Fsp3) is 0.875. The first-order chi connectivity index (χ1) is 10.7. The normalized spacial score (nSPS) is 33.3. The van der Waals surface area contributed by atoms with Crippen molar-refractivity contribution in [1.82, 2.24) is 20.2 Å². The molecule has 0 radical (unpaired) electrons. The molecule has 0 aromatic rings. The Labute approximate surface area is 135 Å². The van der Waals surface area contributed by atoms with Gasteiger partial charge in [0.2, 0.25) is 0 Å². The Morgan fingerprint density at radius 2 is 1.68 bits per heavy atom. The molecule has 2 fully saturated rings. The molecule has 0 saturated carbocycles. The van der Waals surface area contributed by atoms with Gasteiger partial charge in [-0.1, -0.05) is 13.8 Å². The third-order valence-corrected chi connectivity index (χ3v) is 4.41. The number of morpholine rings is 2. The van der Waals surface area contributed by atoms with E-state index in [1.807, 2.05) is 13.8 Å². The number of hydrazine groups is 1. The van der Waals surface area contributed by atoms with Crippen LogP contribution in [-0.4, -0.2) is 79.6 Å². The number of nitrogens with one attached hydrogen (secondary N) is 1. The lowest BCUT2D eigenvalue weighted by molar-refractivity contribution is -0.0282. The summed E-state index contributed by atoms with van der Waals surface area (Å²) in [5, 5.41) is 2.15. The maximum absolute atomic E-state index is 5.53. The predicted octanol–water partition coefficient (Wildman–Crippen LogP) is 1.07. The molecule has 3 aliphatic heterocycles. The van der Waals surface area contributed by atoms with Gasteiger partial charge in [-0.25, -0.2) is 5.43 Å². The van der Waals surface area contributed by atoms with Crippen LogP contribution >= 0.6 is 0 Å². The van der Waals surface area contributed by atoms with E-state index in [0.717, 1.165) is 39.5 Å². The average molecular weight is 312 g/mol. The molecular weight excluding hydrogens is 280 g/mol. The molecule has 0 spiro atoms. The SMILES string of the molecule is CC.C[C@H]1COCCN1C1=CC(N2CCOC[C@@H]2C)NN1C. The Hall–Kier alpha value is -0.820. The second kappa shape index (κ2) is 8.15. The van der Waals surface area contributed by atoms with Crippen LogP contribution < -0.4 is 5.43 Å². The highest BCUT2D eigenvalue weighted by Gasteiger charge is 2.34. The van der Waals surface area contributed by atoms with Crippen LogP contribution in [0.3, 0.4) is 0 Å². The third kappa shape index (κ3) is 3.74. The molecule has 1 unspecified atom stereocenters. The summed E-state index contributed by atoms with van der Waals surface area (Å²) in [5.41, 5.74) is 3.55. The van der Waals surface area contributed by atoms with Gasteiger partial charge in [-0.15, -0.1) is 0 Å². The van der Waals surface area contributed by atoms with E-state index in [2.05, 4.69) is 47.2 Å². The zero-order valence-corrected chi connectivity index (χ0v) is 14.7. The van der Waals surface area contributed by atoms with Crippen LogP contribution in [0.15, 0.2) is 11.9 Å². The molecule has 0 aliphatic carbocycles. The first kappa shape index (κ1) is 17.5. The standard InChI is InChI=1S/C14H26N4O2.C2H6/c1-11-9-19-6-4-17(11)13-8-14(16(3)15-13)18-5-7-20-10-12(18)2;1-2/h8,11-13,15H,4-7,9-10H2,1-3H3;1-2H3/t11-,12-,13?;/m0./s1. The van der Waals surface area contributed by atoms with Crippen molar-refractivity contribution < 1.29 is 9.47 Å². The number of nitrogens with zero attached hydrogens (tertiary/aromatic N) is 3. The number of ether oxygens (including phenoxy) is 2. The molecular formula is C16H32N4O2. The van der Waals surface area contributed by atoms with E-state index in [-0.39, 0.29) is 6.17 Å². The van der Waals surface area contributed by atoms with Crippen LogP contribution in [0.2, 0.25) is 0 Å². The average Bonchev–Trinajstić information content (AvgIpc) is 2.92. The topological polar surface area (TPSA) is 40.2 Å². The molecule has 3 aliphatic rings. The third-order valence-electron chi connectivity index (χ3n) is 4.41. The molecule has 22 heavy (non-hydrogen) atoms. The summed E-state index contributed by atoms with van der Waals surface area (Å²) in [6.07, 6.45) is 2.60. The van der Waals surface area contributed by atoms with Gasteiger partial charge in [0, 0.05) is 26.2 Å². The van der Waals surface area contributed by atoms with Gasteiger partial charge in [-0.05, 0) is 19.9 Å². The van der Waals surface area contributed by atoms with Crippen LogP contribution in [0.5, 0.6) is 0 Å². The molecule has 3 rings (SSSR count). The maximum atomic E-state index is 5.53. The molecule has 2 saturated heterocycles.